The summed E-state index contributed by atoms with van der Waals surface area (Å²) in [6.07, 6.45) is 3.91. The van der Waals surface area contributed by atoms with Crippen LogP contribution < -0.4 is 72.4 Å². The smallest absolute Gasteiger partial charge is 0.338 e. The van der Waals surface area contributed by atoms with Crippen molar-refractivity contribution in [3.8, 4) is 22.6 Å². The second-order valence-electron chi connectivity index (χ2n) is 17.8. The second-order valence-corrected chi connectivity index (χ2v) is 17.8. The molecule has 406 valence electrons. The number of carbonyl (C=O) groups is 4. The Hall–Kier alpha value is -5.39. The fourth-order valence-electron chi connectivity index (χ4n) is 7.89. The maximum absolute atomic E-state index is 14.2. The van der Waals surface area contributed by atoms with E-state index in [1.54, 1.807) is 0 Å². The highest BCUT2D eigenvalue weighted by Crippen LogP contribution is 2.45. The molecular weight excluding hydrogens is 1010 g/mol. The molecule has 5 rings (SSSR count). The molecule has 18 heteroatoms. The molecule has 73 heavy (non-hydrogen) atoms. The van der Waals surface area contributed by atoms with Gasteiger partial charge in [0.2, 0.25) is 11.8 Å². The summed E-state index contributed by atoms with van der Waals surface area (Å²) in [4.78, 5) is 58.5. The molecule has 0 aliphatic heterocycles. The number of hydrogen-bond acceptors (Lipinski definition) is 7. The zero-order chi connectivity index (χ0) is 48.1. The number of amides is 3. The molecule has 0 bridgehead atoms. The van der Waals surface area contributed by atoms with E-state index in [1.807, 2.05) is 98.8 Å². The zero-order valence-corrected chi connectivity index (χ0v) is 44.9. The predicted octanol–water partition coefficient (Wildman–Crippen LogP) is -0.198. The van der Waals surface area contributed by atoms with Gasteiger partial charge in [0.25, 0.3) is 5.91 Å². The number of hydrogen-bond donors (Lipinski definition) is 7. The van der Waals surface area contributed by atoms with Crippen LogP contribution in [-0.4, -0.2) is 80.7 Å². The molecule has 0 unspecified atom stereocenters. The lowest BCUT2D eigenvalue weighted by molar-refractivity contribution is -0.459. The molecule has 0 aromatic heterocycles. The number of nitrogens with one attached hydrogen (secondary N) is 4. The Morgan fingerprint density at radius 3 is 1.67 bits per heavy atom. The van der Waals surface area contributed by atoms with Crippen LogP contribution in [0.25, 0.3) is 32.7 Å². The van der Waals surface area contributed by atoms with Gasteiger partial charge < -0.3 is 60.7 Å². The minimum absolute atomic E-state index is 0. The van der Waals surface area contributed by atoms with E-state index in [-0.39, 0.29) is 91.6 Å². The highest BCUT2D eigenvalue weighted by Gasteiger charge is 2.31. The Morgan fingerprint density at radius 2 is 1.12 bits per heavy atom. The lowest BCUT2D eigenvalue weighted by Crippen LogP contribution is -3.00. The molecule has 0 saturated carbocycles. The average molecular weight is 1090 g/mol. The molecular formula is C55H83Cl2N7O7S2. The van der Waals surface area contributed by atoms with Gasteiger partial charge in [-0.2, -0.15) is 27.0 Å². The van der Waals surface area contributed by atoms with E-state index in [9.17, 15) is 19.2 Å². The molecule has 0 heterocycles. The monoisotopic (exact) mass is 1090 g/mol. The van der Waals surface area contributed by atoms with Gasteiger partial charge in [-0.25, -0.2) is 4.79 Å². The summed E-state index contributed by atoms with van der Waals surface area (Å²) < 4.78 is 18.5. The van der Waals surface area contributed by atoms with Crippen LogP contribution in [0, 0.1) is 11.8 Å². The molecule has 0 radical (unpaired) electrons. The maximum Gasteiger partial charge on any atom is 0.338 e. The number of guanidine groups is 1. The largest absolute Gasteiger partial charge is 1.00 e. The van der Waals surface area contributed by atoms with E-state index in [0.717, 1.165) is 51.1 Å². The Morgan fingerprint density at radius 1 is 0.603 bits per heavy atom. The molecule has 3 atom stereocenters. The number of carbonyl (C=O) groups excluding carboxylic acids is 4. The van der Waals surface area contributed by atoms with Crippen molar-refractivity contribution in [1.29, 1.82) is 0 Å². The standard InChI is InChI=1S/C53H69N7O7.2CH4.2ClH.2H2S/c1-35(2)27-31-65-45-25-23-38-17-8-10-19-40(38)48(45)49-41-20-11-9-18-39(41)24-26-46(49)67-34-47(61)58-42(21-12-13-29-54)50(62)59-43(22-14-30-57-53(55)56)51(63)60-44(33-36(3)4)52(64)66-32-28-37-15-6-5-7-16-37;;;;;;/h5-11,15-20,23-26,35-36,42-44H,12-14,21-22,27-34,54H2,1-4H3,(H,58,61)(H,59,62)(H,60,63)(H4,55,56,57);2*1H4;2*1H;2*1H2/t42-,43-,44+;;;;;;/m1....../s1. The normalized spacial score (nSPS) is 11.5. The van der Waals surface area contributed by atoms with E-state index in [1.165, 1.54) is 0 Å². The first kappa shape index (κ1) is 69.7. The van der Waals surface area contributed by atoms with E-state index < -0.39 is 48.4 Å². The number of unbranched alkanes of at least 4 members (excludes halogenated alkanes) is 1. The van der Waals surface area contributed by atoms with Gasteiger partial charge in [-0.15, -0.1) is 0 Å². The summed E-state index contributed by atoms with van der Waals surface area (Å²) >= 11 is 0. The fourth-order valence-corrected chi connectivity index (χ4v) is 7.89. The van der Waals surface area contributed by atoms with Crippen LogP contribution in [0.2, 0.25) is 0 Å². The van der Waals surface area contributed by atoms with Crippen LogP contribution in [0.1, 0.15) is 93.1 Å². The van der Waals surface area contributed by atoms with E-state index in [2.05, 4.69) is 58.7 Å². The highest BCUT2D eigenvalue weighted by atomic mass is 35.5. The van der Waals surface area contributed by atoms with Crippen molar-refractivity contribution >= 4 is 78.2 Å². The van der Waals surface area contributed by atoms with Crippen LogP contribution in [0.5, 0.6) is 11.5 Å². The zero-order valence-electron chi connectivity index (χ0n) is 41.4. The van der Waals surface area contributed by atoms with Gasteiger partial charge in [-0.1, -0.05) is 134 Å². The van der Waals surface area contributed by atoms with Crippen molar-refractivity contribution in [2.75, 3.05) is 32.9 Å². The molecule has 14 nitrogen and oxygen atoms in total. The first-order valence-corrected chi connectivity index (χ1v) is 23.7. The van der Waals surface area contributed by atoms with Crippen molar-refractivity contribution < 1.29 is 68.9 Å². The number of nitrogens with two attached hydrogens (primary N) is 2. The second kappa shape index (κ2) is 36.5. The van der Waals surface area contributed by atoms with Crippen LogP contribution in [-0.2, 0) is 30.3 Å². The Labute approximate surface area is 460 Å². The van der Waals surface area contributed by atoms with E-state index in [0.29, 0.717) is 69.2 Å². The summed E-state index contributed by atoms with van der Waals surface area (Å²) in [5.74, 6) is -0.464. The topological polar surface area (TPSA) is 226 Å². The minimum Gasteiger partial charge on any atom is -1.00 e. The van der Waals surface area contributed by atoms with Crippen molar-refractivity contribution in [1.82, 2.24) is 16.0 Å². The van der Waals surface area contributed by atoms with Gasteiger partial charge in [0.1, 0.15) is 29.6 Å². The Balaban J connectivity index is 0. The average Bonchev–Trinajstić information content (AvgIpc) is 3.31. The summed E-state index contributed by atoms with van der Waals surface area (Å²) in [6, 6.07) is 30.6. The number of halogens is 2. The highest BCUT2D eigenvalue weighted by molar-refractivity contribution is 7.59. The van der Waals surface area contributed by atoms with Crippen molar-refractivity contribution in [2.24, 2.45) is 23.3 Å². The Kier molecular flexibility index (Phi) is 34.9. The summed E-state index contributed by atoms with van der Waals surface area (Å²) in [7, 11) is 0. The molecule has 0 fully saturated rings. The van der Waals surface area contributed by atoms with Gasteiger partial charge in [0.05, 0.1) is 26.3 Å². The summed E-state index contributed by atoms with van der Waals surface area (Å²) in [5.41, 5.74) is 17.9. The molecule has 0 saturated heterocycles. The van der Waals surface area contributed by atoms with Crippen molar-refractivity contribution in [2.45, 2.75) is 112 Å². The molecule has 0 aliphatic carbocycles. The maximum atomic E-state index is 14.2. The Bertz CT molecular complexity index is 2450. The van der Waals surface area contributed by atoms with Crippen LogP contribution in [0.3, 0.4) is 0 Å². The number of benzene rings is 5. The van der Waals surface area contributed by atoms with Crippen LogP contribution in [0.15, 0.2) is 103 Å². The number of rotatable bonds is 27. The lowest BCUT2D eigenvalue weighted by atomic mass is 9.92. The van der Waals surface area contributed by atoms with E-state index in [4.69, 9.17) is 25.7 Å². The molecule has 11 N–H and O–H groups in total. The van der Waals surface area contributed by atoms with Gasteiger partial charge >= 0.3 is 11.9 Å². The van der Waals surface area contributed by atoms with Gasteiger partial charge in [-0.3, -0.25) is 30.8 Å². The van der Waals surface area contributed by atoms with Crippen molar-refractivity contribution in [3.05, 3.63) is 109 Å². The number of ether oxygens (including phenoxy) is 3. The summed E-state index contributed by atoms with van der Waals surface area (Å²) in [5, 5.41) is 12.6. The van der Waals surface area contributed by atoms with Gasteiger partial charge in [0.15, 0.2) is 6.61 Å². The lowest BCUT2D eigenvalue weighted by Gasteiger charge is -2.26. The number of quaternary nitrogens is 1. The van der Waals surface area contributed by atoms with E-state index >= 15 is 0 Å². The number of fused-ring (bicyclic) bond motifs is 2. The first-order valence-electron chi connectivity index (χ1n) is 23.7. The summed E-state index contributed by atoms with van der Waals surface area (Å²) in [6.45, 7) is 9.48. The van der Waals surface area contributed by atoms with Gasteiger partial charge in [-0.05, 0) is 96.0 Å². The SMILES string of the molecule is C.C.CC(C)CCOc1ccc2ccccc2c1-c1c(OCC(=O)N[C@H](CCCC[NH3+])C(=O)N[C@H](CCC[NH+]=C(N)N)C(=O)N[C@@H](CC(C)C)C(=O)OCCc2ccccc2)ccc2ccccc12.S.S.[Cl-].[Cl-]. The third-order valence-electron chi connectivity index (χ3n) is 11.4. The predicted molar refractivity (Wildman–Crippen MR) is 298 cm³/mol. The molecule has 0 spiro atoms. The van der Waals surface area contributed by atoms with Crippen LogP contribution in [0.4, 0.5) is 0 Å². The number of esters is 1. The quantitative estimate of drug-likeness (QED) is 0.0160. The third-order valence-corrected chi connectivity index (χ3v) is 11.4. The fraction of sp³-hybridized carbons (Fsp3) is 0.436. The van der Waals surface area contributed by atoms with Gasteiger partial charge in [0, 0.05) is 17.5 Å². The molecule has 3 amide bonds. The first-order chi connectivity index (χ1) is 32.3. The molecule has 0 aliphatic rings. The van der Waals surface area contributed by atoms with Crippen molar-refractivity contribution in [3.63, 3.8) is 0 Å². The molecule has 5 aromatic carbocycles. The minimum atomic E-state index is -1.07. The molecule has 5 aromatic rings. The third kappa shape index (κ3) is 22.3. The van der Waals surface area contributed by atoms with Crippen LogP contribution >= 0.6 is 27.0 Å².